The first-order valence-electron chi connectivity index (χ1n) is 8.74. The van der Waals surface area contributed by atoms with Crippen molar-refractivity contribution in [1.82, 2.24) is 15.0 Å². The molecule has 1 unspecified atom stereocenters. The highest BCUT2D eigenvalue weighted by Crippen LogP contribution is 2.28. The van der Waals surface area contributed by atoms with Gasteiger partial charge in [-0.3, -0.25) is 0 Å². The Kier molecular flexibility index (Phi) is 4.59. The molecule has 0 aliphatic rings. The van der Waals surface area contributed by atoms with Crippen LogP contribution in [0.4, 0.5) is 0 Å². The number of ether oxygens (including phenoxy) is 1. The number of benzene rings is 2. The molecule has 132 valence electrons. The summed E-state index contributed by atoms with van der Waals surface area (Å²) in [6, 6.07) is 16.4. The van der Waals surface area contributed by atoms with Gasteiger partial charge in [-0.05, 0) is 23.4 Å². The standard InChI is InChI=1S/C19H27N3OSi2/c1-24(2,3)17-14-10-13-16-18(17)20-21-22(16)19(25(4,5)6)23-15-11-8-7-9-12-15/h7-14,19H,1-6H3. The van der Waals surface area contributed by atoms with Crippen LogP contribution in [-0.4, -0.2) is 31.1 Å². The molecule has 0 radical (unpaired) electrons. The molecule has 3 aromatic rings. The molecule has 0 aliphatic heterocycles. The average Bonchev–Trinajstić information content (AvgIpc) is 2.95. The summed E-state index contributed by atoms with van der Waals surface area (Å²) in [5, 5.41) is 10.4. The largest absolute Gasteiger partial charge is 0.472 e. The van der Waals surface area contributed by atoms with Gasteiger partial charge in [-0.25, -0.2) is 4.68 Å². The molecule has 0 saturated carbocycles. The van der Waals surface area contributed by atoms with Crippen molar-refractivity contribution < 1.29 is 4.74 Å². The highest BCUT2D eigenvalue weighted by molar-refractivity contribution is 6.90. The molecule has 1 atom stereocenters. The Labute approximate surface area is 151 Å². The first-order valence-corrected chi connectivity index (χ1v) is 15.8. The Hall–Kier alpha value is -1.93. The number of hydrogen-bond donors (Lipinski definition) is 0. The number of fused-ring (bicyclic) bond motifs is 1. The van der Waals surface area contributed by atoms with E-state index < -0.39 is 16.1 Å². The van der Waals surface area contributed by atoms with Crippen LogP contribution < -0.4 is 9.92 Å². The molecular weight excluding hydrogens is 342 g/mol. The summed E-state index contributed by atoms with van der Waals surface area (Å²) in [7, 11) is -3.19. The van der Waals surface area contributed by atoms with Gasteiger partial charge >= 0.3 is 0 Å². The van der Waals surface area contributed by atoms with Crippen LogP contribution in [0.1, 0.15) is 5.85 Å². The van der Waals surface area contributed by atoms with Gasteiger partial charge in [0.05, 0.1) is 13.6 Å². The molecule has 25 heavy (non-hydrogen) atoms. The Morgan fingerprint density at radius 3 is 2.16 bits per heavy atom. The molecule has 0 saturated heterocycles. The minimum absolute atomic E-state index is 0.100. The predicted molar refractivity (Wildman–Crippen MR) is 110 cm³/mol. The fraction of sp³-hybridized carbons (Fsp3) is 0.368. The Morgan fingerprint density at radius 1 is 0.880 bits per heavy atom. The van der Waals surface area contributed by atoms with Crippen molar-refractivity contribution in [3.8, 4) is 5.75 Å². The van der Waals surface area contributed by atoms with Gasteiger partial charge < -0.3 is 4.74 Å². The normalized spacial score (nSPS) is 13.8. The molecule has 4 nitrogen and oxygen atoms in total. The summed E-state index contributed by atoms with van der Waals surface area (Å²) in [6.07, 6.45) is 0. The summed E-state index contributed by atoms with van der Waals surface area (Å²) in [6.45, 7) is 13.9. The number of rotatable bonds is 5. The summed E-state index contributed by atoms with van der Waals surface area (Å²) >= 11 is 0. The minimum Gasteiger partial charge on any atom is -0.472 e. The van der Waals surface area contributed by atoms with E-state index in [4.69, 9.17) is 4.74 Å². The van der Waals surface area contributed by atoms with Crippen molar-refractivity contribution in [2.24, 2.45) is 0 Å². The van der Waals surface area contributed by atoms with E-state index in [-0.39, 0.29) is 5.85 Å². The quantitative estimate of drug-likeness (QED) is 0.625. The van der Waals surface area contributed by atoms with Gasteiger partial charge in [0.2, 0.25) is 0 Å². The van der Waals surface area contributed by atoms with E-state index in [9.17, 15) is 0 Å². The van der Waals surface area contributed by atoms with Gasteiger partial charge in [0.25, 0.3) is 0 Å². The SMILES string of the molecule is C[Si](C)(C)c1cccc2c1nnn2C(Oc1ccccc1)[Si](C)(C)C. The molecule has 6 heteroatoms. The molecule has 0 amide bonds. The van der Waals surface area contributed by atoms with Gasteiger partial charge in [0, 0.05) is 0 Å². The molecule has 0 bridgehead atoms. The van der Waals surface area contributed by atoms with E-state index in [0.717, 1.165) is 16.8 Å². The first-order chi connectivity index (χ1) is 11.7. The highest BCUT2D eigenvalue weighted by Gasteiger charge is 2.33. The summed E-state index contributed by atoms with van der Waals surface area (Å²) in [5.74, 6) is 0.775. The van der Waals surface area contributed by atoms with Crippen molar-refractivity contribution >= 4 is 32.4 Å². The summed E-state index contributed by atoms with van der Waals surface area (Å²) in [5.41, 5.74) is 2.10. The van der Waals surface area contributed by atoms with Crippen LogP contribution in [0.2, 0.25) is 39.3 Å². The van der Waals surface area contributed by atoms with Crippen molar-refractivity contribution in [3.05, 3.63) is 48.5 Å². The molecule has 0 N–H and O–H groups in total. The van der Waals surface area contributed by atoms with E-state index in [1.165, 1.54) is 5.19 Å². The molecule has 2 aromatic carbocycles. The van der Waals surface area contributed by atoms with Gasteiger partial charge in [0.15, 0.2) is 5.85 Å². The zero-order valence-corrected chi connectivity index (χ0v) is 17.9. The van der Waals surface area contributed by atoms with Crippen LogP contribution in [0.3, 0.4) is 0 Å². The van der Waals surface area contributed by atoms with Crippen molar-refractivity contribution in [1.29, 1.82) is 0 Å². The van der Waals surface area contributed by atoms with E-state index in [1.54, 1.807) is 0 Å². The first kappa shape index (κ1) is 17.9. The third kappa shape index (κ3) is 3.69. The van der Waals surface area contributed by atoms with Crippen LogP contribution in [-0.2, 0) is 0 Å². The van der Waals surface area contributed by atoms with Crippen LogP contribution >= 0.6 is 0 Å². The fourth-order valence-electron chi connectivity index (χ4n) is 2.96. The number of para-hydroxylation sites is 1. The number of aromatic nitrogens is 3. The maximum Gasteiger partial charge on any atom is 0.175 e. The van der Waals surface area contributed by atoms with Crippen molar-refractivity contribution in [2.45, 2.75) is 45.1 Å². The van der Waals surface area contributed by atoms with Gasteiger partial charge in [-0.15, -0.1) is 5.10 Å². The van der Waals surface area contributed by atoms with Gasteiger partial charge in [0.1, 0.15) is 19.3 Å². The topological polar surface area (TPSA) is 39.9 Å². The summed E-state index contributed by atoms with van der Waals surface area (Å²) < 4.78 is 8.39. The lowest BCUT2D eigenvalue weighted by atomic mass is 10.3. The Bertz CT molecular complexity index is 864. The molecular formula is C19H27N3OSi2. The zero-order valence-electron chi connectivity index (χ0n) is 15.9. The third-order valence-corrected chi connectivity index (χ3v) is 8.13. The molecule has 0 spiro atoms. The highest BCUT2D eigenvalue weighted by atomic mass is 28.3. The van der Waals surface area contributed by atoms with Crippen molar-refractivity contribution in [2.75, 3.05) is 0 Å². The average molecular weight is 370 g/mol. The molecule has 1 heterocycles. The minimum atomic E-state index is -1.70. The molecule has 3 rings (SSSR count). The van der Waals surface area contributed by atoms with Gasteiger partial charge in [-0.1, -0.05) is 74.8 Å². The van der Waals surface area contributed by atoms with Crippen molar-refractivity contribution in [3.63, 3.8) is 0 Å². The molecule has 1 aromatic heterocycles. The second-order valence-electron chi connectivity index (χ2n) is 8.61. The lowest BCUT2D eigenvalue weighted by Gasteiger charge is -2.29. The van der Waals surface area contributed by atoms with E-state index in [0.29, 0.717) is 0 Å². The number of hydrogen-bond acceptors (Lipinski definition) is 3. The van der Waals surface area contributed by atoms with Crippen LogP contribution in [0.25, 0.3) is 11.0 Å². The zero-order chi connectivity index (χ0) is 18.2. The molecule has 0 fully saturated rings. The predicted octanol–water partition coefficient (Wildman–Crippen LogP) is 4.43. The Balaban J connectivity index is 2.11. The monoisotopic (exact) mass is 369 g/mol. The second-order valence-corrected chi connectivity index (χ2v) is 18.9. The third-order valence-electron chi connectivity index (χ3n) is 4.26. The molecule has 0 aliphatic carbocycles. The smallest absolute Gasteiger partial charge is 0.175 e. The van der Waals surface area contributed by atoms with Gasteiger partial charge in [-0.2, -0.15) is 0 Å². The maximum absolute atomic E-state index is 6.39. The van der Waals surface area contributed by atoms with Crippen LogP contribution in [0.5, 0.6) is 5.75 Å². The lowest BCUT2D eigenvalue weighted by Crippen LogP contribution is -2.40. The summed E-state index contributed by atoms with van der Waals surface area (Å²) in [4.78, 5) is 0. The van der Waals surface area contributed by atoms with E-state index >= 15 is 0 Å². The van der Waals surface area contributed by atoms with E-state index in [1.807, 2.05) is 35.0 Å². The second kappa shape index (κ2) is 6.42. The Morgan fingerprint density at radius 2 is 1.56 bits per heavy atom. The fourth-order valence-corrected chi connectivity index (χ4v) is 5.86. The number of nitrogens with zero attached hydrogens (tertiary/aromatic N) is 3. The maximum atomic E-state index is 6.39. The van der Waals surface area contributed by atoms with Crippen LogP contribution in [0.15, 0.2) is 48.5 Å². The van der Waals surface area contributed by atoms with Crippen LogP contribution in [0, 0.1) is 0 Å². The lowest BCUT2D eigenvalue weighted by molar-refractivity contribution is 0.191. The van der Waals surface area contributed by atoms with E-state index in [2.05, 4.69) is 67.8 Å².